The van der Waals surface area contributed by atoms with Crippen LogP contribution in [0, 0.1) is 11.3 Å². The highest BCUT2D eigenvalue weighted by Crippen LogP contribution is 2.51. The minimum Gasteiger partial charge on any atom is -0.314 e. The summed E-state index contributed by atoms with van der Waals surface area (Å²) in [5.74, 6) is 0.960. The lowest BCUT2D eigenvalue weighted by molar-refractivity contribution is -0.0496. The first-order valence-corrected chi connectivity index (χ1v) is 10.1. The average molecular weight is 321 g/mol. The molecule has 3 saturated heterocycles. The molecule has 1 spiro atoms. The maximum atomic E-state index is 3.47. The van der Waals surface area contributed by atoms with Gasteiger partial charge in [-0.1, -0.05) is 0 Å². The SMILES string of the molecule is CN1CCC2(CC1)CC(N1CCC(CN3CCNCC3)CC1)C2. The second-order valence-electron chi connectivity index (χ2n) is 8.90. The molecule has 3 aliphatic heterocycles. The number of nitrogens with zero attached hydrogens (tertiary/aromatic N) is 3. The molecule has 4 rings (SSSR count). The number of likely N-dealkylation sites (tertiary alicyclic amines) is 2. The van der Waals surface area contributed by atoms with Gasteiger partial charge in [0.2, 0.25) is 0 Å². The Morgan fingerprint density at radius 3 is 2.22 bits per heavy atom. The van der Waals surface area contributed by atoms with Crippen molar-refractivity contribution in [2.45, 2.75) is 44.6 Å². The molecule has 0 bridgehead atoms. The first kappa shape index (κ1) is 16.3. The van der Waals surface area contributed by atoms with E-state index in [1.165, 1.54) is 97.4 Å². The van der Waals surface area contributed by atoms with Gasteiger partial charge in [0.15, 0.2) is 0 Å². The fraction of sp³-hybridized carbons (Fsp3) is 1.00. The van der Waals surface area contributed by atoms with Gasteiger partial charge in [0.05, 0.1) is 0 Å². The molecule has 0 atom stereocenters. The molecule has 1 N–H and O–H groups in total. The Hall–Kier alpha value is -0.160. The van der Waals surface area contributed by atoms with Gasteiger partial charge in [-0.15, -0.1) is 0 Å². The molecule has 0 radical (unpaired) electrons. The minimum absolute atomic E-state index is 0.745. The van der Waals surface area contributed by atoms with E-state index in [1.54, 1.807) is 0 Å². The summed E-state index contributed by atoms with van der Waals surface area (Å²) in [5, 5.41) is 3.47. The van der Waals surface area contributed by atoms with Crippen LogP contribution in [0.4, 0.5) is 0 Å². The smallest absolute Gasteiger partial charge is 0.0107 e. The third kappa shape index (κ3) is 3.76. The summed E-state index contributed by atoms with van der Waals surface area (Å²) in [6, 6.07) is 0.929. The number of nitrogens with one attached hydrogen (secondary N) is 1. The summed E-state index contributed by atoms with van der Waals surface area (Å²) in [6.45, 7) is 11.7. The van der Waals surface area contributed by atoms with Crippen LogP contribution in [-0.2, 0) is 0 Å². The summed E-state index contributed by atoms with van der Waals surface area (Å²) >= 11 is 0. The average Bonchev–Trinajstić information content (AvgIpc) is 2.56. The van der Waals surface area contributed by atoms with Crippen LogP contribution < -0.4 is 5.32 Å². The van der Waals surface area contributed by atoms with Crippen LogP contribution in [0.15, 0.2) is 0 Å². The highest BCUT2D eigenvalue weighted by molar-refractivity contribution is 5.01. The molecule has 1 saturated carbocycles. The van der Waals surface area contributed by atoms with Crippen molar-refractivity contribution < 1.29 is 0 Å². The Morgan fingerprint density at radius 1 is 0.913 bits per heavy atom. The highest BCUT2D eigenvalue weighted by atomic mass is 15.2. The van der Waals surface area contributed by atoms with Crippen LogP contribution in [0.1, 0.15) is 38.5 Å². The number of hydrogen-bond acceptors (Lipinski definition) is 4. The topological polar surface area (TPSA) is 21.8 Å². The normalized spacial score (nSPS) is 32.2. The summed E-state index contributed by atoms with van der Waals surface area (Å²) in [7, 11) is 2.28. The molecule has 4 fully saturated rings. The molecule has 0 aromatic carbocycles. The molecule has 4 heteroatoms. The molecule has 3 heterocycles. The lowest BCUT2D eigenvalue weighted by Gasteiger charge is -2.56. The first-order chi connectivity index (χ1) is 11.2. The summed E-state index contributed by atoms with van der Waals surface area (Å²) < 4.78 is 0. The highest BCUT2D eigenvalue weighted by Gasteiger charge is 2.47. The van der Waals surface area contributed by atoms with E-state index in [1.807, 2.05) is 0 Å². The molecule has 0 aromatic heterocycles. The van der Waals surface area contributed by atoms with E-state index in [4.69, 9.17) is 0 Å². The molecule has 1 aliphatic carbocycles. The largest absolute Gasteiger partial charge is 0.314 e. The first-order valence-electron chi connectivity index (χ1n) is 10.1. The van der Waals surface area contributed by atoms with Gasteiger partial charge in [-0.2, -0.15) is 0 Å². The maximum absolute atomic E-state index is 3.47. The van der Waals surface area contributed by atoms with Gasteiger partial charge < -0.3 is 20.0 Å². The fourth-order valence-electron chi connectivity index (χ4n) is 5.46. The lowest BCUT2D eigenvalue weighted by atomic mass is 9.60. The molecular formula is C19H36N4. The maximum Gasteiger partial charge on any atom is 0.0107 e. The number of piperazine rings is 1. The van der Waals surface area contributed by atoms with Crippen molar-refractivity contribution >= 4 is 0 Å². The van der Waals surface area contributed by atoms with Crippen LogP contribution in [0.5, 0.6) is 0 Å². The van der Waals surface area contributed by atoms with Crippen LogP contribution in [-0.4, -0.2) is 86.7 Å². The summed E-state index contributed by atoms with van der Waals surface area (Å²) in [4.78, 5) is 8.05. The van der Waals surface area contributed by atoms with Gasteiger partial charge in [0, 0.05) is 38.8 Å². The zero-order valence-electron chi connectivity index (χ0n) is 15.1. The van der Waals surface area contributed by atoms with Crippen molar-refractivity contribution in [3.63, 3.8) is 0 Å². The zero-order chi connectivity index (χ0) is 15.7. The van der Waals surface area contributed by atoms with E-state index < -0.39 is 0 Å². The van der Waals surface area contributed by atoms with Crippen LogP contribution in [0.3, 0.4) is 0 Å². The lowest BCUT2D eigenvalue weighted by Crippen LogP contribution is -2.56. The second kappa shape index (κ2) is 6.99. The zero-order valence-corrected chi connectivity index (χ0v) is 15.1. The number of piperidine rings is 2. The van der Waals surface area contributed by atoms with Crippen LogP contribution in [0.25, 0.3) is 0 Å². The van der Waals surface area contributed by atoms with E-state index in [0.717, 1.165) is 17.4 Å². The van der Waals surface area contributed by atoms with E-state index in [0.29, 0.717) is 0 Å². The number of hydrogen-bond donors (Lipinski definition) is 1. The van der Waals surface area contributed by atoms with Gasteiger partial charge in [0.1, 0.15) is 0 Å². The molecule has 0 unspecified atom stereocenters. The molecule has 4 nitrogen and oxygen atoms in total. The van der Waals surface area contributed by atoms with Crippen molar-refractivity contribution in [1.29, 1.82) is 0 Å². The standard InChI is InChI=1S/C19H36N4/c1-21-10-4-19(5-11-21)14-18(15-19)23-8-2-17(3-9-23)16-22-12-6-20-7-13-22/h17-18,20H,2-16H2,1H3. The van der Waals surface area contributed by atoms with Gasteiger partial charge in [0.25, 0.3) is 0 Å². The summed E-state index contributed by atoms with van der Waals surface area (Å²) in [5.41, 5.74) is 0.745. The molecular weight excluding hydrogens is 284 g/mol. The van der Waals surface area contributed by atoms with Crippen molar-refractivity contribution in [1.82, 2.24) is 20.0 Å². The van der Waals surface area contributed by atoms with Crippen molar-refractivity contribution in [3.8, 4) is 0 Å². The Kier molecular flexibility index (Phi) is 4.96. The Labute approximate surface area is 142 Å². The Morgan fingerprint density at radius 2 is 1.57 bits per heavy atom. The van der Waals surface area contributed by atoms with Gasteiger partial charge in [-0.25, -0.2) is 0 Å². The van der Waals surface area contributed by atoms with Crippen LogP contribution in [0.2, 0.25) is 0 Å². The second-order valence-corrected chi connectivity index (χ2v) is 8.90. The van der Waals surface area contributed by atoms with E-state index in [9.17, 15) is 0 Å². The fourth-order valence-corrected chi connectivity index (χ4v) is 5.46. The number of rotatable bonds is 3. The van der Waals surface area contributed by atoms with E-state index in [2.05, 4.69) is 27.1 Å². The Balaban J connectivity index is 1.18. The third-order valence-corrected chi connectivity index (χ3v) is 7.28. The molecule has 132 valence electrons. The van der Waals surface area contributed by atoms with Gasteiger partial charge in [-0.05, 0) is 83.1 Å². The van der Waals surface area contributed by atoms with Gasteiger partial charge >= 0.3 is 0 Å². The quantitative estimate of drug-likeness (QED) is 0.850. The monoisotopic (exact) mass is 320 g/mol. The minimum atomic E-state index is 0.745. The van der Waals surface area contributed by atoms with E-state index >= 15 is 0 Å². The van der Waals surface area contributed by atoms with Crippen molar-refractivity contribution in [3.05, 3.63) is 0 Å². The van der Waals surface area contributed by atoms with Crippen LogP contribution >= 0.6 is 0 Å². The van der Waals surface area contributed by atoms with Gasteiger partial charge in [-0.3, -0.25) is 0 Å². The predicted molar refractivity (Wildman–Crippen MR) is 95.8 cm³/mol. The molecule has 23 heavy (non-hydrogen) atoms. The Bertz CT molecular complexity index is 369. The summed E-state index contributed by atoms with van der Waals surface area (Å²) in [6.07, 6.45) is 8.80. The third-order valence-electron chi connectivity index (χ3n) is 7.28. The molecule has 0 aromatic rings. The predicted octanol–water partition coefficient (Wildman–Crippen LogP) is 1.48. The molecule has 4 aliphatic rings. The van der Waals surface area contributed by atoms with E-state index in [-0.39, 0.29) is 0 Å². The van der Waals surface area contributed by atoms with Crippen molar-refractivity contribution in [2.75, 3.05) is 66.0 Å². The van der Waals surface area contributed by atoms with Crippen molar-refractivity contribution in [2.24, 2.45) is 11.3 Å². The molecule has 0 amide bonds.